The standard InChI is InChI=1S/C23H19N3O3S/c1-3-14-9-17-15(10-22(28)29-20(17)11-19(14)27)12-30-23-25-24-21-8-13(2)16-6-4-5-7-18(16)26(21)23/h4-11,27H,3,12H2,1-2H3. The van der Waals surface area contributed by atoms with Crippen molar-refractivity contribution in [3.05, 3.63) is 75.6 Å². The van der Waals surface area contributed by atoms with Crippen molar-refractivity contribution in [2.24, 2.45) is 0 Å². The smallest absolute Gasteiger partial charge is 0.336 e. The third kappa shape index (κ3) is 3.02. The number of aromatic hydroxyl groups is 1. The van der Waals surface area contributed by atoms with Crippen molar-refractivity contribution in [2.45, 2.75) is 31.2 Å². The molecule has 0 radical (unpaired) electrons. The van der Waals surface area contributed by atoms with Gasteiger partial charge in [0, 0.05) is 28.7 Å². The summed E-state index contributed by atoms with van der Waals surface area (Å²) in [7, 11) is 0. The maximum atomic E-state index is 12.1. The SMILES string of the molecule is CCc1cc2c(CSc3nnc4cc(C)c5ccccc5n34)cc(=O)oc2cc1O. The van der Waals surface area contributed by atoms with Crippen molar-refractivity contribution in [3.63, 3.8) is 0 Å². The number of para-hydroxylation sites is 1. The van der Waals surface area contributed by atoms with Crippen LogP contribution >= 0.6 is 11.8 Å². The Morgan fingerprint density at radius 1 is 1.07 bits per heavy atom. The van der Waals surface area contributed by atoms with E-state index in [0.717, 1.165) is 43.8 Å². The third-order valence-electron chi connectivity index (χ3n) is 5.34. The lowest BCUT2D eigenvalue weighted by Gasteiger charge is -2.09. The van der Waals surface area contributed by atoms with Gasteiger partial charge in [0.15, 0.2) is 10.8 Å². The molecule has 6 nitrogen and oxygen atoms in total. The molecule has 3 heterocycles. The number of pyridine rings is 1. The minimum atomic E-state index is -0.436. The van der Waals surface area contributed by atoms with Gasteiger partial charge in [-0.1, -0.05) is 36.9 Å². The lowest BCUT2D eigenvalue weighted by Crippen LogP contribution is -2.01. The van der Waals surface area contributed by atoms with Crippen molar-refractivity contribution in [3.8, 4) is 5.75 Å². The first kappa shape index (κ1) is 18.7. The van der Waals surface area contributed by atoms with Gasteiger partial charge in [-0.05, 0) is 48.2 Å². The summed E-state index contributed by atoms with van der Waals surface area (Å²) in [6, 6.07) is 15.1. The van der Waals surface area contributed by atoms with Gasteiger partial charge in [-0.15, -0.1) is 10.2 Å². The molecule has 0 aliphatic heterocycles. The van der Waals surface area contributed by atoms with Crippen LogP contribution in [-0.4, -0.2) is 19.7 Å². The number of nitrogens with zero attached hydrogens (tertiary/aromatic N) is 3. The summed E-state index contributed by atoms with van der Waals surface area (Å²) in [5.41, 5.74) is 4.61. The number of thioether (sulfide) groups is 1. The summed E-state index contributed by atoms with van der Waals surface area (Å²) >= 11 is 1.52. The molecule has 3 aromatic heterocycles. The first-order valence-corrected chi connectivity index (χ1v) is 10.7. The largest absolute Gasteiger partial charge is 0.508 e. The Morgan fingerprint density at radius 3 is 2.73 bits per heavy atom. The zero-order valence-electron chi connectivity index (χ0n) is 16.5. The zero-order chi connectivity index (χ0) is 20.8. The number of hydrogen-bond acceptors (Lipinski definition) is 6. The van der Waals surface area contributed by atoms with E-state index in [1.165, 1.54) is 23.9 Å². The second-order valence-corrected chi connectivity index (χ2v) is 8.17. The number of phenolic OH excluding ortho intramolecular Hbond substituents is 1. The molecule has 0 aliphatic carbocycles. The quantitative estimate of drug-likeness (QED) is 0.332. The Morgan fingerprint density at radius 2 is 1.90 bits per heavy atom. The third-order valence-corrected chi connectivity index (χ3v) is 6.32. The summed E-state index contributed by atoms with van der Waals surface area (Å²) < 4.78 is 7.35. The number of aryl methyl sites for hydroxylation is 2. The predicted octanol–water partition coefficient (Wildman–Crippen LogP) is 4.86. The topological polar surface area (TPSA) is 80.6 Å². The first-order chi connectivity index (χ1) is 14.5. The van der Waals surface area contributed by atoms with Crippen molar-refractivity contribution in [1.82, 2.24) is 14.6 Å². The lowest BCUT2D eigenvalue weighted by atomic mass is 10.1. The van der Waals surface area contributed by atoms with E-state index in [0.29, 0.717) is 17.8 Å². The predicted molar refractivity (Wildman–Crippen MR) is 118 cm³/mol. The molecular formula is C23H19N3O3S. The Kier molecular flexibility index (Phi) is 4.47. The average Bonchev–Trinajstić information content (AvgIpc) is 3.14. The Labute approximate surface area is 176 Å². The van der Waals surface area contributed by atoms with Crippen molar-refractivity contribution in [2.75, 3.05) is 0 Å². The van der Waals surface area contributed by atoms with Gasteiger partial charge >= 0.3 is 5.63 Å². The van der Waals surface area contributed by atoms with Crippen LogP contribution in [0.15, 0.2) is 62.9 Å². The number of aromatic nitrogens is 3. The van der Waals surface area contributed by atoms with Crippen LogP contribution in [0.4, 0.5) is 0 Å². The maximum Gasteiger partial charge on any atom is 0.336 e. The van der Waals surface area contributed by atoms with E-state index in [2.05, 4.69) is 29.3 Å². The molecule has 30 heavy (non-hydrogen) atoms. The molecule has 0 amide bonds. The van der Waals surface area contributed by atoms with Gasteiger partial charge < -0.3 is 9.52 Å². The molecule has 0 aliphatic rings. The van der Waals surface area contributed by atoms with Crippen molar-refractivity contribution < 1.29 is 9.52 Å². The fourth-order valence-corrected chi connectivity index (χ4v) is 4.76. The van der Waals surface area contributed by atoms with Crippen molar-refractivity contribution in [1.29, 1.82) is 0 Å². The number of benzene rings is 2. The maximum absolute atomic E-state index is 12.1. The monoisotopic (exact) mass is 417 g/mol. The van der Waals surface area contributed by atoms with Crippen LogP contribution in [0.5, 0.6) is 5.75 Å². The molecular weight excluding hydrogens is 398 g/mol. The highest BCUT2D eigenvalue weighted by Gasteiger charge is 2.14. The molecule has 0 unspecified atom stereocenters. The zero-order valence-corrected chi connectivity index (χ0v) is 17.4. The van der Waals surface area contributed by atoms with Crippen LogP contribution < -0.4 is 5.63 Å². The van der Waals surface area contributed by atoms with E-state index >= 15 is 0 Å². The Balaban J connectivity index is 1.60. The van der Waals surface area contributed by atoms with E-state index in [1.807, 2.05) is 35.6 Å². The van der Waals surface area contributed by atoms with Crippen LogP contribution in [0, 0.1) is 6.92 Å². The van der Waals surface area contributed by atoms with E-state index in [9.17, 15) is 9.90 Å². The number of fused-ring (bicyclic) bond motifs is 4. The molecule has 0 saturated carbocycles. The molecule has 7 heteroatoms. The highest BCUT2D eigenvalue weighted by Crippen LogP contribution is 2.31. The Hall–Kier alpha value is -3.32. The Bertz CT molecular complexity index is 1490. The van der Waals surface area contributed by atoms with Gasteiger partial charge in [0.25, 0.3) is 0 Å². The van der Waals surface area contributed by atoms with Gasteiger partial charge in [-0.3, -0.25) is 4.40 Å². The van der Waals surface area contributed by atoms with E-state index in [4.69, 9.17) is 4.42 Å². The molecule has 150 valence electrons. The van der Waals surface area contributed by atoms with Crippen molar-refractivity contribution >= 4 is 39.3 Å². The van der Waals surface area contributed by atoms with Crippen LogP contribution in [0.3, 0.4) is 0 Å². The summed E-state index contributed by atoms with van der Waals surface area (Å²) in [5.74, 6) is 0.669. The van der Waals surface area contributed by atoms with E-state index in [1.54, 1.807) is 0 Å². The highest BCUT2D eigenvalue weighted by atomic mass is 32.2. The van der Waals surface area contributed by atoms with Crippen LogP contribution in [-0.2, 0) is 12.2 Å². The molecule has 0 saturated heterocycles. The molecule has 2 aromatic carbocycles. The van der Waals surface area contributed by atoms with E-state index in [-0.39, 0.29) is 5.75 Å². The number of rotatable bonds is 4. The molecule has 0 bridgehead atoms. The minimum absolute atomic E-state index is 0.142. The number of hydrogen-bond donors (Lipinski definition) is 1. The fraction of sp³-hybridized carbons (Fsp3) is 0.174. The molecule has 5 aromatic rings. The summed E-state index contributed by atoms with van der Waals surface area (Å²) in [5, 5.41) is 21.6. The summed E-state index contributed by atoms with van der Waals surface area (Å²) in [6.45, 7) is 4.05. The second-order valence-electron chi connectivity index (χ2n) is 7.23. The summed E-state index contributed by atoms with van der Waals surface area (Å²) in [6.07, 6.45) is 0.688. The summed E-state index contributed by atoms with van der Waals surface area (Å²) in [4.78, 5) is 12.1. The van der Waals surface area contributed by atoms with Gasteiger partial charge in [0.2, 0.25) is 0 Å². The molecule has 0 spiro atoms. The molecule has 0 atom stereocenters. The minimum Gasteiger partial charge on any atom is -0.508 e. The molecule has 5 rings (SSSR count). The van der Waals surface area contributed by atoms with Crippen LogP contribution in [0.1, 0.15) is 23.6 Å². The van der Waals surface area contributed by atoms with Crippen LogP contribution in [0.25, 0.3) is 27.5 Å². The van der Waals surface area contributed by atoms with Gasteiger partial charge in [-0.25, -0.2) is 4.79 Å². The molecule has 1 N–H and O–H groups in total. The van der Waals surface area contributed by atoms with Gasteiger partial charge in [0.1, 0.15) is 11.3 Å². The average molecular weight is 417 g/mol. The highest BCUT2D eigenvalue weighted by molar-refractivity contribution is 7.98. The van der Waals surface area contributed by atoms with Gasteiger partial charge in [-0.2, -0.15) is 0 Å². The normalized spacial score (nSPS) is 11.7. The number of phenols is 1. The van der Waals surface area contributed by atoms with Gasteiger partial charge in [0.05, 0.1) is 5.52 Å². The van der Waals surface area contributed by atoms with Crippen LogP contribution in [0.2, 0.25) is 0 Å². The lowest BCUT2D eigenvalue weighted by molar-refractivity contribution is 0.466. The second kappa shape index (κ2) is 7.18. The first-order valence-electron chi connectivity index (χ1n) is 9.70. The molecule has 0 fully saturated rings. The fourth-order valence-electron chi connectivity index (χ4n) is 3.82. The van der Waals surface area contributed by atoms with E-state index < -0.39 is 5.63 Å².